The van der Waals surface area contributed by atoms with Crippen molar-refractivity contribution in [3.8, 4) is 0 Å². The van der Waals surface area contributed by atoms with Gasteiger partial charge < -0.3 is 9.64 Å². The van der Waals surface area contributed by atoms with Gasteiger partial charge >= 0.3 is 6.09 Å². The Hall–Kier alpha value is -1.23. The number of carbonyl (C=O) groups is 1. The van der Waals surface area contributed by atoms with E-state index in [1.54, 1.807) is 11.8 Å². The molecule has 0 aromatic carbocycles. The summed E-state index contributed by atoms with van der Waals surface area (Å²) in [5, 5.41) is 1.42. The lowest BCUT2D eigenvalue weighted by Gasteiger charge is -2.33. The first-order valence-electron chi connectivity index (χ1n) is 7.41. The molecule has 2 rings (SSSR count). The Kier molecular flexibility index (Phi) is 5.14. The number of amides is 1. The predicted octanol–water partition coefficient (Wildman–Crippen LogP) is 3.88. The van der Waals surface area contributed by atoms with Crippen LogP contribution in [0, 0.1) is 6.92 Å². The van der Waals surface area contributed by atoms with Crippen LogP contribution in [0.5, 0.6) is 0 Å². The van der Waals surface area contributed by atoms with Gasteiger partial charge in [-0.3, -0.25) is 0 Å². The number of nitrogens with zero attached hydrogens (tertiary/aromatic N) is 2. The molecule has 1 amide bonds. The molecule has 116 valence electrons. The molecule has 1 atom stereocenters. The lowest BCUT2D eigenvalue weighted by Crippen LogP contribution is -2.43. The minimum Gasteiger partial charge on any atom is -0.444 e. The summed E-state index contributed by atoms with van der Waals surface area (Å²) in [6.07, 6.45) is 3.76. The number of ether oxygens (including phenoxy) is 1. The van der Waals surface area contributed by atoms with Gasteiger partial charge in [-0.15, -0.1) is 11.8 Å². The zero-order chi connectivity index (χ0) is 15.5. The summed E-state index contributed by atoms with van der Waals surface area (Å²) >= 11 is 1.76. The van der Waals surface area contributed by atoms with Crippen LogP contribution in [0.25, 0.3) is 0 Å². The summed E-state index contributed by atoms with van der Waals surface area (Å²) in [5.41, 5.74) is 0.780. The molecule has 0 saturated carbocycles. The van der Waals surface area contributed by atoms with E-state index in [0.29, 0.717) is 5.25 Å². The highest BCUT2D eigenvalue weighted by atomic mass is 32.2. The molecule has 0 spiro atoms. The molecule has 2 heterocycles. The smallest absolute Gasteiger partial charge is 0.410 e. The summed E-state index contributed by atoms with van der Waals surface area (Å²) < 4.78 is 5.46. The van der Waals surface area contributed by atoms with Crippen molar-refractivity contribution in [3.05, 3.63) is 23.9 Å². The number of aromatic nitrogens is 1. The summed E-state index contributed by atoms with van der Waals surface area (Å²) in [7, 11) is 0. The fourth-order valence-corrected chi connectivity index (χ4v) is 3.53. The first kappa shape index (κ1) is 16.1. The number of likely N-dealkylation sites (tertiary alicyclic amines) is 1. The highest BCUT2D eigenvalue weighted by molar-refractivity contribution is 7.99. The van der Waals surface area contributed by atoms with Crippen molar-refractivity contribution in [1.82, 2.24) is 9.88 Å². The molecule has 1 aliphatic heterocycles. The monoisotopic (exact) mass is 308 g/mol. The molecule has 4 nitrogen and oxygen atoms in total. The number of rotatable bonds is 2. The van der Waals surface area contributed by atoms with Gasteiger partial charge in [-0.25, -0.2) is 9.78 Å². The molecule has 1 saturated heterocycles. The van der Waals surface area contributed by atoms with Gasteiger partial charge in [0.05, 0.1) is 5.03 Å². The fraction of sp³-hybridized carbons (Fsp3) is 0.625. The molecule has 0 unspecified atom stereocenters. The quantitative estimate of drug-likeness (QED) is 0.831. The van der Waals surface area contributed by atoms with E-state index >= 15 is 0 Å². The van der Waals surface area contributed by atoms with Crippen LogP contribution < -0.4 is 0 Å². The number of pyridine rings is 1. The van der Waals surface area contributed by atoms with Crippen molar-refractivity contribution in [1.29, 1.82) is 0 Å². The largest absolute Gasteiger partial charge is 0.444 e. The average molecular weight is 308 g/mol. The van der Waals surface area contributed by atoms with E-state index in [1.165, 1.54) is 5.56 Å². The second-order valence-corrected chi connectivity index (χ2v) is 7.80. The molecular weight excluding hydrogens is 284 g/mol. The second-order valence-electron chi connectivity index (χ2n) is 6.48. The Morgan fingerprint density at radius 3 is 2.90 bits per heavy atom. The minimum absolute atomic E-state index is 0.204. The summed E-state index contributed by atoms with van der Waals surface area (Å²) in [5.74, 6) is 0. The highest BCUT2D eigenvalue weighted by Gasteiger charge is 2.28. The highest BCUT2D eigenvalue weighted by Crippen LogP contribution is 2.29. The van der Waals surface area contributed by atoms with Crippen LogP contribution in [0.3, 0.4) is 0 Å². The third kappa shape index (κ3) is 5.23. The van der Waals surface area contributed by atoms with E-state index in [9.17, 15) is 4.79 Å². The average Bonchev–Trinajstić information content (AvgIpc) is 2.37. The molecule has 0 aliphatic carbocycles. The zero-order valence-electron chi connectivity index (χ0n) is 13.3. The van der Waals surface area contributed by atoms with Crippen molar-refractivity contribution in [2.24, 2.45) is 0 Å². The van der Waals surface area contributed by atoms with Crippen LogP contribution in [-0.2, 0) is 4.74 Å². The Morgan fingerprint density at radius 1 is 1.48 bits per heavy atom. The number of carbonyl (C=O) groups excluding carboxylic acids is 1. The standard InChI is InChI=1S/C16H24N2O2S/c1-12-7-8-17-14(10-12)21-13-6-5-9-18(11-13)15(19)20-16(2,3)4/h7-8,10,13H,5-6,9,11H2,1-4H3/t13-/m1/s1. The molecule has 0 radical (unpaired) electrons. The van der Waals surface area contributed by atoms with Crippen molar-refractivity contribution in [3.63, 3.8) is 0 Å². The van der Waals surface area contributed by atoms with Gasteiger partial charge in [0.15, 0.2) is 0 Å². The predicted molar refractivity (Wildman–Crippen MR) is 85.7 cm³/mol. The molecule has 1 aromatic heterocycles. The molecule has 1 aromatic rings. The lowest BCUT2D eigenvalue weighted by atomic mass is 10.1. The normalized spacial score (nSPS) is 19.4. The number of aryl methyl sites for hydroxylation is 1. The van der Waals surface area contributed by atoms with Gasteiger partial charge in [-0.2, -0.15) is 0 Å². The Balaban J connectivity index is 1.93. The summed E-state index contributed by atoms with van der Waals surface area (Å²) in [4.78, 5) is 18.4. The van der Waals surface area contributed by atoms with Crippen LogP contribution in [0.2, 0.25) is 0 Å². The van der Waals surface area contributed by atoms with E-state index in [2.05, 4.69) is 18.0 Å². The van der Waals surface area contributed by atoms with Crippen LogP contribution in [-0.4, -0.2) is 39.9 Å². The summed E-state index contributed by atoms with van der Waals surface area (Å²) in [6.45, 7) is 9.29. The first-order chi connectivity index (χ1) is 9.83. The van der Waals surface area contributed by atoms with Gasteiger partial charge in [0.2, 0.25) is 0 Å². The van der Waals surface area contributed by atoms with Crippen LogP contribution in [0.4, 0.5) is 4.79 Å². The Bertz CT molecular complexity index is 499. The lowest BCUT2D eigenvalue weighted by molar-refractivity contribution is 0.0220. The topological polar surface area (TPSA) is 42.4 Å². The third-order valence-electron chi connectivity index (χ3n) is 3.21. The maximum absolute atomic E-state index is 12.1. The Labute approximate surface area is 131 Å². The molecule has 21 heavy (non-hydrogen) atoms. The van der Waals surface area contributed by atoms with Gasteiger partial charge in [-0.05, 0) is 58.2 Å². The molecule has 1 fully saturated rings. The fourth-order valence-electron chi connectivity index (χ4n) is 2.27. The minimum atomic E-state index is -0.435. The maximum Gasteiger partial charge on any atom is 0.410 e. The zero-order valence-corrected chi connectivity index (χ0v) is 14.1. The van der Waals surface area contributed by atoms with Crippen molar-refractivity contribution < 1.29 is 9.53 Å². The van der Waals surface area contributed by atoms with E-state index < -0.39 is 5.60 Å². The molecular formula is C16H24N2O2S. The number of hydrogen-bond acceptors (Lipinski definition) is 4. The van der Waals surface area contributed by atoms with Crippen LogP contribution in [0.1, 0.15) is 39.2 Å². The van der Waals surface area contributed by atoms with E-state index in [1.807, 2.05) is 37.9 Å². The SMILES string of the molecule is Cc1ccnc(S[C@@H]2CCCN(C(=O)OC(C)(C)C)C2)c1. The van der Waals surface area contributed by atoms with Crippen molar-refractivity contribution in [2.75, 3.05) is 13.1 Å². The van der Waals surface area contributed by atoms with E-state index in [4.69, 9.17) is 4.74 Å². The molecule has 0 bridgehead atoms. The van der Waals surface area contributed by atoms with Gasteiger partial charge in [0, 0.05) is 24.5 Å². The number of hydrogen-bond donors (Lipinski definition) is 0. The first-order valence-corrected chi connectivity index (χ1v) is 8.29. The van der Waals surface area contributed by atoms with Crippen LogP contribution in [0.15, 0.2) is 23.4 Å². The molecule has 5 heteroatoms. The maximum atomic E-state index is 12.1. The third-order valence-corrected chi connectivity index (χ3v) is 4.39. The van der Waals surface area contributed by atoms with Crippen molar-refractivity contribution in [2.45, 2.75) is 56.4 Å². The van der Waals surface area contributed by atoms with E-state index in [-0.39, 0.29) is 6.09 Å². The molecule has 0 N–H and O–H groups in total. The number of thioether (sulfide) groups is 1. The van der Waals surface area contributed by atoms with E-state index in [0.717, 1.165) is 31.0 Å². The van der Waals surface area contributed by atoms with Crippen molar-refractivity contribution >= 4 is 17.9 Å². The van der Waals surface area contributed by atoms with Gasteiger partial charge in [0.25, 0.3) is 0 Å². The Morgan fingerprint density at radius 2 is 2.24 bits per heavy atom. The number of piperidine rings is 1. The second kappa shape index (κ2) is 6.69. The molecule has 1 aliphatic rings. The van der Waals surface area contributed by atoms with Crippen LogP contribution >= 0.6 is 11.8 Å². The van der Waals surface area contributed by atoms with Gasteiger partial charge in [-0.1, -0.05) is 0 Å². The summed E-state index contributed by atoms with van der Waals surface area (Å²) in [6, 6.07) is 4.09. The van der Waals surface area contributed by atoms with Gasteiger partial charge in [0.1, 0.15) is 5.60 Å².